The van der Waals surface area contributed by atoms with Crippen LogP contribution in [0.3, 0.4) is 0 Å². The Kier molecular flexibility index (Phi) is 6.62. The molecule has 1 aromatic carbocycles. The molecule has 122 valence electrons. The second-order valence-electron chi connectivity index (χ2n) is 6.46. The molecule has 0 saturated heterocycles. The highest BCUT2D eigenvalue weighted by Gasteiger charge is 2.20. The first-order valence-electron chi connectivity index (χ1n) is 7.53. The lowest BCUT2D eigenvalue weighted by atomic mass is 9.87. The van der Waals surface area contributed by atoms with E-state index < -0.39 is 0 Å². The lowest BCUT2D eigenvalue weighted by Gasteiger charge is -2.26. The summed E-state index contributed by atoms with van der Waals surface area (Å²) < 4.78 is 5.31. The van der Waals surface area contributed by atoms with Gasteiger partial charge in [-0.05, 0) is 37.3 Å². The van der Waals surface area contributed by atoms with Crippen LogP contribution < -0.4 is 10.1 Å². The van der Waals surface area contributed by atoms with Gasteiger partial charge in [-0.25, -0.2) is 0 Å². The van der Waals surface area contributed by atoms with E-state index in [1.165, 1.54) is 0 Å². The Morgan fingerprint density at radius 3 is 2.64 bits per heavy atom. The van der Waals surface area contributed by atoms with Gasteiger partial charge in [-0.2, -0.15) is 0 Å². The number of allylic oxidation sites excluding steroid dienone is 1. The molecule has 0 heterocycles. The Morgan fingerprint density at radius 2 is 2.05 bits per heavy atom. The number of aliphatic hydroxyl groups excluding tert-OH is 1. The van der Waals surface area contributed by atoms with Gasteiger partial charge in [-0.1, -0.05) is 32.0 Å². The summed E-state index contributed by atoms with van der Waals surface area (Å²) in [5.41, 5.74) is 1.61. The van der Waals surface area contributed by atoms with Crippen molar-refractivity contribution in [2.45, 2.75) is 40.2 Å². The van der Waals surface area contributed by atoms with Gasteiger partial charge in [0.05, 0.1) is 13.2 Å². The SMILES string of the molecule is COc1ccccc1/C(C)=C/C(=O)NCC(C)(C)CC(C)O. The summed E-state index contributed by atoms with van der Waals surface area (Å²) in [6, 6.07) is 7.61. The molecule has 2 N–H and O–H groups in total. The average molecular weight is 305 g/mol. The lowest BCUT2D eigenvalue weighted by Crippen LogP contribution is -2.35. The first kappa shape index (κ1) is 18.2. The van der Waals surface area contributed by atoms with Crippen LogP contribution in [0.5, 0.6) is 5.75 Å². The molecule has 0 saturated carbocycles. The van der Waals surface area contributed by atoms with Gasteiger partial charge in [0.25, 0.3) is 0 Å². The number of carbonyl (C=O) groups is 1. The van der Waals surface area contributed by atoms with Crippen molar-refractivity contribution in [3.63, 3.8) is 0 Å². The number of benzene rings is 1. The Bertz CT molecular complexity index is 533. The summed E-state index contributed by atoms with van der Waals surface area (Å²) in [5, 5.41) is 12.4. The normalized spacial score (nSPS) is 13.6. The molecule has 0 aromatic heterocycles. The van der Waals surface area contributed by atoms with Gasteiger partial charge in [0.1, 0.15) is 5.75 Å². The maximum Gasteiger partial charge on any atom is 0.244 e. The van der Waals surface area contributed by atoms with Gasteiger partial charge in [-0.3, -0.25) is 4.79 Å². The standard InChI is InChI=1S/C18H27NO3/c1-13(15-8-6-7-9-16(15)22-5)10-17(21)19-12-18(3,4)11-14(2)20/h6-10,14,20H,11-12H2,1-5H3,(H,19,21)/b13-10+. The van der Waals surface area contributed by atoms with Crippen LogP contribution in [0.4, 0.5) is 0 Å². The molecule has 1 aromatic rings. The number of ether oxygens (including phenoxy) is 1. The highest BCUT2D eigenvalue weighted by atomic mass is 16.5. The number of rotatable bonds is 7. The summed E-state index contributed by atoms with van der Waals surface area (Å²) in [7, 11) is 1.62. The molecule has 1 atom stereocenters. The van der Waals surface area contributed by atoms with Gasteiger partial charge in [-0.15, -0.1) is 0 Å². The topological polar surface area (TPSA) is 58.6 Å². The summed E-state index contributed by atoms with van der Waals surface area (Å²) in [6.45, 7) is 8.22. The molecule has 0 aliphatic rings. The van der Waals surface area contributed by atoms with E-state index in [-0.39, 0.29) is 17.4 Å². The van der Waals surface area contributed by atoms with E-state index in [1.807, 2.05) is 45.0 Å². The predicted octanol–water partition coefficient (Wildman–Crippen LogP) is 3.01. The van der Waals surface area contributed by atoms with Crippen molar-refractivity contribution in [2.75, 3.05) is 13.7 Å². The summed E-state index contributed by atoms with van der Waals surface area (Å²) >= 11 is 0. The second kappa shape index (κ2) is 7.99. The number of amides is 1. The highest BCUT2D eigenvalue weighted by Crippen LogP contribution is 2.25. The zero-order chi connectivity index (χ0) is 16.8. The van der Waals surface area contributed by atoms with Crippen LogP contribution in [-0.2, 0) is 4.79 Å². The van der Waals surface area contributed by atoms with Crippen molar-refractivity contribution < 1.29 is 14.6 Å². The molecule has 1 amide bonds. The number of nitrogens with one attached hydrogen (secondary N) is 1. The Labute approximate surface area is 133 Å². The van der Waals surface area contributed by atoms with E-state index in [1.54, 1.807) is 20.1 Å². The van der Waals surface area contributed by atoms with Crippen LogP contribution in [0.2, 0.25) is 0 Å². The zero-order valence-corrected chi connectivity index (χ0v) is 14.1. The molecule has 4 heteroatoms. The number of para-hydroxylation sites is 1. The minimum absolute atomic E-state index is 0.137. The van der Waals surface area contributed by atoms with Crippen molar-refractivity contribution in [2.24, 2.45) is 5.41 Å². The van der Waals surface area contributed by atoms with Gasteiger partial charge in [0.15, 0.2) is 0 Å². The maximum absolute atomic E-state index is 12.1. The molecular formula is C18H27NO3. The first-order valence-corrected chi connectivity index (χ1v) is 7.53. The molecule has 0 aliphatic carbocycles. The fourth-order valence-corrected chi connectivity index (χ4v) is 2.49. The van der Waals surface area contributed by atoms with Crippen molar-refractivity contribution in [1.29, 1.82) is 0 Å². The number of carbonyl (C=O) groups excluding carboxylic acids is 1. The van der Waals surface area contributed by atoms with Gasteiger partial charge in [0.2, 0.25) is 5.91 Å². The summed E-state index contributed by atoms with van der Waals surface area (Å²) in [5.74, 6) is 0.612. The minimum Gasteiger partial charge on any atom is -0.496 e. The molecule has 0 fully saturated rings. The van der Waals surface area contributed by atoms with E-state index in [0.29, 0.717) is 13.0 Å². The number of hydrogen-bond acceptors (Lipinski definition) is 3. The molecule has 0 radical (unpaired) electrons. The van der Waals surface area contributed by atoms with Crippen molar-refractivity contribution in [3.05, 3.63) is 35.9 Å². The monoisotopic (exact) mass is 305 g/mol. The quantitative estimate of drug-likeness (QED) is 0.761. The fraction of sp³-hybridized carbons (Fsp3) is 0.500. The Hall–Kier alpha value is -1.81. The summed E-state index contributed by atoms with van der Waals surface area (Å²) in [6.07, 6.45) is 1.84. The molecule has 22 heavy (non-hydrogen) atoms. The third-order valence-electron chi connectivity index (χ3n) is 3.47. The van der Waals surface area contributed by atoms with E-state index in [4.69, 9.17) is 4.74 Å². The van der Waals surface area contributed by atoms with Gasteiger partial charge in [0, 0.05) is 18.2 Å². The van der Waals surface area contributed by atoms with E-state index in [9.17, 15) is 9.90 Å². The minimum atomic E-state index is -0.377. The molecule has 1 rings (SSSR count). The molecule has 0 aliphatic heterocycles. The average Bonchev–Trinajstić information content (AvgIpc) is 2.44. The molecule has 4 nitrogen and oxygen atoms in total. The second-order valence-corrected chi connectivity index (χ2v) is 6.46. The lowest BCUT2D eigenvalue weighted by molar-refractivity contribution is -0.117. The van der Waals surface area contributed by atoms with E-state index in [2.05, 4.69) is 5.32 Å². The zero-order valence-electron chi connectivity index (χ0n) is 14.1. The number of methoxy groups -OCH3 is 1. The van der Waals surface area contributed by atoms with Crippen LogP contribution in [0.25, 0.3) is 5.57 Å². The Balaban J connectivity index is 2.70. The smallest absolute Gasteiger partial charge is 0.244 e. The third kappa shape index (κ3) is 5.90. The largest absolute Gasteiger partial charge is 0.496 e. The van der Waals surface area contributed by atoms with Crippen LogP contribution in [0, 0.1) is 5.41 Å². The molecule has 0 spiro atoms. The van der Waals surface area contributed by atoms with E-state index in [0.717, 1.165) is 16.9 Å². The van der Waals surface area contributed by atoms with Crippen molar-refractivity contribution >= 4 is 11.5 Å². The van der Waals surface area contributed by atoms with E-state index >= 15 is 0 Å². The van der Waals surface area contributed by atoms with Crippen LogP contribution in [0.15, 0.2) is 30.3 Å². The molecule has 1 unspecified atom stereocenters. The molecular weight excluding hydrogens is 278 g/mol. The third-order valence-corrected chi connectivity index (χ3v) is 3.47. The maximum atomic E-state index is 12.1. The highest BCUT2D eigenvalue weighted by molar-refractivity contribution is 5.95. The van der Waals surface area contributed by atoms with Gasteiger partial charge < -0.3 is 15.2 Å². The van der Waals surface area contributed by atoms with Gasteiger partial charge >= 0.3 is 0 Å². The van der Waals surface area contributed by atoms with Crippen LogP contribution in [-0.4, -0.2) is 30.8 Å². The predicted molar refractivity (Wildman–Crippen MR) is 89.7 cm³/mol. The van der Waals surface area contributed by atoms with Crippen LogP contribution in [0.1, 0.15) is 39.7 Å². The summed E-state index contributed by atoms with van der Waals surface area (Å²) in [4.78, 5) is 12.1. The van der Waals surface area contributed by atoms with Crippen molar-refractivity contribution in [1.82, 2.24) is 5.32 Å². The fourth-order valence-electron chi connectivity index (χ4n) is 2.49. The number of hydrogen-bond donors (Lipinski definition) is 2. The number of aliphatic hydroxyl groups is 1. The first-order chi connectivity index (χ1) is 10.2. The van der Waals surface area contributed by atoms with Crippen LogP contribution >= 0.6 is 0 Å². The Morgan fingerprint density at radius 1 is 1.41 bits per heavy atom. The van der Waals surface area contributed by atoms with Crippen molar-refractivity contribution in [3.8, 4) is 5.75 Å². The molecule has 0 bridgehead atoms.